The Morgan fingerprint density at radius 3 is 1.76 bits per heavy atom. The summed E-state index contributed by atoms with van der Waals surface area (Å²) in [6.07, 6.45) is 2.00. The van der Waals surface area contributed by atoms with Gasteiger partial charge in [-0.25, -0.2) is 4.99 Å². The lowest BCUT2D eigenvalue weighted by Gasteiger charge is -2.26. The number of para-hydroxylation sites is 1. The highest BCUT2D eigenvalue weighted by Gasteiger charge is 2.26. The summed E-state index contributed by atoms with van der Waals surface area (Å²) in [6.45, 7) is 0. The zero-order valence-electron chi connectivity index (χ0n) is 27.7. The van der Waals surface area contributed by atoms with Gasteiger partial charge in [0.1, 0.15) is 12.0 Å². The van der Waals surface area contributed by atoms with Crippen molar-refractivity contribution in [3.8, 4) is 0 Å². The van der Waals surface area contributed by atoms with Crippen molar-refractivity contribution in [1.82, 2.24) is 9.88 Å². The van der Waals surface area contributed by atoms with Crippen LogP contribution in [-0.4, -0.2) is 10.4 Å². The molecule has 1 aliphatic heterocycles. The molecule has 0 saturated heterocycles. The maximum absolute atomic E-state index is 5.58. The van der Waals surface area contributed by atoms with Gasteiger partial charge < -0.3 is 9.88 Å². The Morgan fingerprint density at radius 1 is 0.431 bits per heavy atom. The third-order valence-electron chi connectivity index (χ3n) is 10.7. The highest BCUT2D eigenvalue weighted by atomic mass is 15.2. The van der Waals surface area contributed by atoms with Crippen molar-refractivity contribution in [1.29, 1.82) is 0 Å². The molecule has 1 aromatic heterocycles. The molecule has 10 aromatic rings. The van der Waals surface area contributed by atoms with Crippen LogP contribution in [0.3, 0.4) is 0 Å². The van der Waals surface area contributed by atoms with Crippen LogP contribution < -0.4 is 5.32 Å². The van der Waals surface area contributed by atoms with E-state index < -0.39 is 0 Å². The summed E-state index contributed by atoms with van der Waals surface area (Å²) in [4.78, 5) is 5.58. The Balaban J connectivity index is 1.26. The van der Waals surface area contributed by atoms with E-state index in [0.717, 1.165) is 22.7 Å². The molecule has 0 amide bonds. The molecule has 3 heteroatoms. The molecule has 1 N–H and O–H groups in total. The zero-order valence-corrected chi connectivity index (χ0v) is 27.7. The number of fused-ring (bicyclic) bond motifs is 12. The van der Waals surface area contributed by atoms with E-state index in [9.17, 15) is 0 Å². The van der Waals surface area contributed by atoms with Crippen molar-refractivity contribution >= 4 is 87.2 Å². The molecule has 51 heavy (non-hydrogen) atoms. The predicted octanol–water partition coefficient (Wildman–Crippen LogP) is 12.2. The molecule has 0 aliphatic carbocycles. The highest BCUT2D eigenvalue weighted by Crippen LogP contribution is 2.45. The van der Waals surface area contributed by atoms with E-state index in [0.29, 0.717) is 0 Å². The van der Waals surface area contributed by atoms with Gasteiger partial charge in [-0.1, -0.05) is 152 Å². The van der Waals surface area contributed by atoms with Gasteiger partial charge in [0.2, 0.25) is 0 Å². The Kier molecular flexibility index (Phi) is 6.02. The van der Waals surface area contributed by atoms with E-state index >= 15 is 0 Å². The molecule has 3 nitrogen and oxygen atoms in total. The normalized spacial score (nSPS) is 14.9. The van der Waals surface area contributed by atoms with Gasteiger partial charge in [-0.15, -0.1) is 0 Å². The summed E-state index contributed by atoms with van der Waals surface area (Å²) < 4.78 is 2.48. The molecule has 11 rings (SSSR count). The quantitative estimate of drug-likeness (QED) is 0.190. The second kappa shape index (κ2) is 10.9. The second-order valence-corrected chi connectivity index (χ2v) is 13.6. The van der Waals surface area contributed by atoms with Crippen LogP contribution in [0.5, 0.6) is 0 Å². The van der Waals surface area contributed by atoms with Crippen molar-refractivity contribution in [2.45, 2.75) is 6.17 Å². The van der Waals surface area contributed by atoms with Gasteiger partial charge in [0.15, 0.2) is 0 Å². The third kappa shape index (κ3) is 4.28. The highest BCUT2D eigenvalue weighted by molar-refractivity contribution is 6.36. The first-order chi connectivity index (χ1) is 25.3. The van der Waals surface area contributed by atoms with Crippen LogP contribution in [0.1, 0.15) is 17.3 Å². The summed E-state index contributed by atoms with van der Waals surface area (Å²) in [5.74, 6) is 0.859. The Bertz CT molecular complexity index is 3030. The maximum atomic E-state index is 5.58. The van der Waals surface area contributed by atoms with Gasteiger partial charge in [0, 0.05) is 32.8 Å². The number of hydrogen-bond acceptors (Lipinski definition) is 2. The maximum Gasteiger partial charge on any atom is 0.149 e. The van der Waals surface area contributed by atoms with Crippen LogP contribution in [0.25, 0.3) is 81.4 Å². The van der Waals surface area contributed by atoms with Crippen molar-refractivity contribution in [2.75, 3.05) is 0 Å². The van der Waals surface area contributed by atoms with Gasteiger partial charge in [0.25, 0.3) is 0 Å². The van der Waals surface area contributed by atoms with Crippen molar-refractivity contribution in [2.24, 2.45) is 4.99 Å². The van der Waals surface area contributed by atoms with Crippen molar-refractivity contribution in [3.05, 3.63) is 187 Å². The first kappa shape index (κ1) is 28.2. The molecular weight excluding hydrogens is 619 g/mol. The Hall–Kier alpha value is -6.71. The minimum absolute atomic E-state index is 0.313. The number of hydrogen-bond donors (Lipinski definition) is 1. The fourth-order valence-electron chi connectivity index (χ4n) is 8.41. The van der Waals surface area contributed by atoms with E-state index in [-0.39, 0.29) is 6.17 Å². The van der Waals surface area contributed by atoms with E-state index in [4.69, 9.17) is 4.99 Å². The minimum atomic E-state index is -0.313. The molecule has 238 valence electrons. The molecule has 0 saturated carbocycles. The Labute approximate surface area is 294 Å². The minimum Gasteiger partial charge on any atom is -0.340 e. The second-order valence-electron chi connectivity index (χ2n) is 13.6. The van der Waals surface area contributed by atoms with E-state index in [1.807, 2.05) is 0 Å². The smallest absolute Gasteiger partial charge is 0.149 e. The summed E-state index contributed by atoms with van der Waals surface area (Å²) in [5.41, 5.74) is 5.62. The molecule has 0 spiro atoms. The van der Waals surface area contributed by atoms with E-state index in [1.165, 1.54) is 75.7 Å². The lowest BCUT2D eigenvalue weighted by molar-refractivity contribution is 0.669. The fraction of sp³-hybridized carbons (Fsp3) is 0.0208. The first-order valence-electron chi connectivity index (χ1n) is 17.6. The number of rotatable bonds is 3. The summed E-state index contributed by atoms with van der Waals surface area (Å²) in [6, 6.07) is 61.6. The lowest BCUT2D eigenvalue weighted by Crippen LogP contribution is -2.29. The number of nitrogens with one attached hydrogen (secondary N) is 1. The molecule has 1 aliphatic rings. The third-order valence-corrected chi connectivity index (χ3v) is 10.7. The monoisotopic (exact) mass is 649 g/mol. The largest absolute Gasteiger partial charge is 0.340 e. The molecule has 0 bridgehead atoms. The van der Waals surface area contributed by atoms with E-state index in [2.05, 4.69) is 186 Å². The van der Waals surface area contributed by atoms with Gasteiger partial charge >= 0.3 is 0 Å². The number of aromatic nitrogens is 1. The molecule has 1 unspecified atom stereocenters. The standard InChI is InChI=1S/C48H31N3/c1-3-14-33-27-35(23-21-30(33)11-1)42-29-44(50-48(49-42)36-24-22-31-12-2-4-15-34(31)28-36)51-43-20-10-9-19-41(43)46-45-37-16-6-5-13-32(37)25-26-39(45)38-17-7-8-18-40(38)47(46)51/h1-29,44H,(H,49,50). The van der Waals surface area contributed by atoms with Crippen LogP contribution in [0.15, 0.2) is 181 Å². The fourth-order valence-corrected chi connectivity index (χ4v) is 8.41. The summed E-state index contributed by atoms with van der Waals surface area (Å²) >= 11 is 0. The van der Waals surface area contributed by atoms with Gasteiger partial charge in [-0.05, 0) is 72.9 Å². The molecule has 9 aromatic carbocycles. The number of amidine groups is 1. The summed E-state index contributed by atoms with van der Waals surface area (Å²) in [5, 5.41) is 18.7. The van der Waals surface area contributed by atoms with Crippen molar-refractivity contribution in [3.63, 3.8) is 0 Å². The van der Waals surface area contributed by atoms with Crippen LogP contribution in [0.2, 0.25) is 0 Å². The van der Waals surface area contributed by atoms with Crippen LogP contribution in [-0.2, 0) is 0 Å². The Morgan fingerprint density at radius 2 is 1.00 bits per heavy atom. The van der Waals surface area contributed by atoms with Crippen LogP contribution in [0.4, 0.5) is 0 Å². The van der Waals surface area contributed by atoms with Crippen LogP contribution in [0, 0.1) is 0 Å². The molecule has 1 atom stereocenters. The predicted molar refractivity (Wildman–Crippen MR) is 217 cm³/mol. The van der Waals surface area contributed by atoms with Gasteiger partial charge in [0.05, 0.1) is 11.0 Å². The average Bonchev–Trinajstić information content (AvgIpc) is 3.55. The van der Waals surface area contributed by atoms with Crippen molar-refractivity contribution < 1.29 is 0 Å². The molecule has 0 radical (unpaired) electrons. The van der Waals surface area contributed by atoms with Crippen LogP contribution >= 0.6 is 0 Å². The lowest BCUT2D eigenvalue weighted by atomic mass is 9.93. The average molecular weight is 650 g/mol. The molecule has 2 heterocycles. The van der Waals surface area contributed by atoms with Gasteiger partial charge in [-0.3, -0.25) is 0 Å². The molecular formula is C48H31N3. The SMILES string of the molecule is C1=C(c2ccc3ccccc3c2)NC(c2ccc3ccccc3c2)=NC1n1c2ccccc2c2c3c4ccccc4ccc3c3ccccc3c21. The first-order valence-corrected chi connectivity index (χ1v) is 17.6. The topological polar surface area (TPSA) is 29.3 Å². The number of benzene rings is 9. The summed E-state index contributed by atoms with van der Waals surface area (Å²) in [7, 11) is 0. The number of aliphatic imine (C=N–C) groups is 1. The van der Waals surface area contributed by atoms with Gasteiger partial charge in [-0.2, -0.15) is 0 Å². The molecule has 0 fully saturated rings. The van der Waals surface area contributed by atoms with E-state index in [1.54, 1.807) is 0 Å². The number of nitrogens with zero attached hydrogens (tertiary/aromatic N) is 2. The zero-order chi connectivity index (χ0) is 33.5.